The number of benzene rings is 1. The zero-order valence-electron chi connectivity index (χ0n) is 13.4. The van der Waals surface area contributed by atoms with E-state index in [4.69, 9.17) is 14.2 Å². The number of esters is 1. The Balaban J connectivity index is 3.10. The minimum absolute atomic E-state index is 0.289. The number of hydrogen-bond donors (Lipinski definition) is 1. The topological polar surface area (TPSA) is 83.1 Å². The van der Waals surface area contributed by atoms with Crippen LogP contribution in [0, 0.1) is 0 Å². The van der Waals surface area contributed by atoms with Crippen LogP contribution in [0.15, 0.2) is 12.1 Å². The second kappa shape index (κ2) is 8.11. The fourth-order valence-corrected chi connectivity index (χ4v) is 1.92. The first-order valence-corrected chi connectivity index (χ1v) is 6.71. The molecule has 0 aliphatic heterocycles. The van der Waals surface area contributed by atoms with Crippen LogP contribution in [0.3, 0.4) is 0 Å². The van der Waals surface area contributed by atoms with Crippen LogP contribution < -0.4 is 19.5 Å². The van der Waals surface area contributed by atoms with Crippen molar-refractivity contribution in [1.82, 2.24) is 5.32 Å². The van der Waals surface area contributed by atoms with Crippen molar-refractivity contribution < 1.29 is 28.5 Å². The Morgan fingerprint density at radius 2 is 1.59 bits per heavy atom. The van der Waals surface area contributed by atoms with Crippen molar-refractivity contribution in [3.8, 4) is 17.2 Å². The molecule has 122 valence electrons. The van der Waals surface area contributed by atoms with E-state index in [9.17, 15) is 9.59 Å². The molecule has 0 fully saturated rings. The third-order valence-corrected chi connectivity index (χ3v) is 3.13. The molecule has 0 aliphatic carbocycles. The van der Waals surface area contributed by atoms with Gasteiger partial charge in [-0.2, -0.15) is 0 Å². The first kappa shape index (κ1) is 17.6. The van der Waals surface area contributed by atoms with Crippen LogP contribution in [-0.4, -0.2) is 46.4 Å². The molecule has 1 atom stereocenters. The number of nitrogens with one attached hydrogen (secondary N) is 1. The molecule has 1 N–H and O–H groups in total. The Labute approximate surface area is 129 Å². The van der Waals surface area contributed by atoms with Crippen LogP contribution in [0.4, 0.5) is 0 Å². The van der Waals surface area contributed by atoms with E-state index in [1.54, 1.807) is 6.92 Å². The second-order valence-electron chi connectivity index (χ2n) is 4.37. The van der Waals surface area contributed by atoms with Gasteiger partial charge in [0.15, 0.2) is 11.5 Å². The number of hydrogen-bond acceptors (Lipinski definition) is 6. The van der Waals surface area contributed by atoms with Crippen molar-refractivity contribution in [2.45, 2.75) is 19.4 Å². The molecular weight excluding hydrogens is 290 g/mol. The molecule has 1 aromatic carbocycles. The number of carbonyl (C=O) groups is 2. The van der Waals surface area contributed by atoms with Crippen molar-refractivity contribution in [2.24, 2.45) is 0 Å². The van der Waals surface area contributed by atoms with E-state index >= 15 is 0 Å². The van der Waals surface area contributed by atoms with Gasteiger partial charge in [-0.1, -0.05) is 6.92 Å². The molecule has 1 aromatic rings. The molecule has 0 radical (unpaired) electrons. The summed E-state index contributed by atoms with van der Waals surface area (Å²) < 4.78 is 20.2. The van der Waals surface area contributed by atoms with E-state index in [0.29, 0.717) is 23.7 Å². The fraction of sp³-hybridized carbons (Fsp3) is 0.467. The maximum absolute atomic E-state index is 12.3. The molecule has 0 saturated heterocycles. The van der Waals surface area contributed by atoms with Gasteiger partial charge < -0.3 is 24.3 Å². The van der Waals surface area contributed by atoms with Crippen molar-refractivity contribution >= 4 is 11.9 Å². The monoisotopic (exact) mass is 311 g/mol. The molecule has 0 saturated carbocycles. The average molecular weight is 311 g/mol. The minimum Gasteiger partial charge on any atom is -0.493 e. The van der Waals surface area contributed by atoms with E-state index in [1.165, 1.54) is 40.6 Å². The van der Waals surface area contributed by atoms with Crippen LogP contribution >= 0.6 is 0 Å². The van der Waals surface area contributed by atoms with Gasteiger partial charge in [-0.25, -0.2) is 4.79 Å². The SMILES string of the molecule is CCC(NC(=O)c1cc(OC)c(OC)c(OC)c1)C(=O)OC. The quantitative estimate of drug-likeness (QED) is 0.766. The van der Waals surface area contributed by atoms with Crippen LogP contribution in [0.1, 0.15) is 23.7 Å². The van der Waals surface area contributed by atoms with E-state index in [0.717, 1.165) is 0 Å². The molecule has 22 heavy (non-hydrogen) atoms. The first-order chi connectivity index (χ1) is 10.5. The van der Waals surface area contributed by atoms with Gasteiger partial charge in [0.25, 0.3) is 5.91 Å². The molecule has 1 rings (SSSR count). The van der Waals surface area contributed by atoms with Gasteiger partial charge in [-0.3, -0.25) is 4.79 Å². The van der Waals surface area contributed by atoms with E-state index in [-0.39, 0.29) is 5.56 Å². The summed E-state index contributed by atoms with van der Waals surface area (Å²) in [5.74, 6) is 0.178. The lowest BCUT2D eigenvalue weighted by atomic mass is 10.1. The van der Waals surface area contributed by atoms with Crippen LogP contribution in [0.25, 0.3) is 0 Å². The summed E-state index contributed by atoms with van der Waals surface area (Å²) in [7, 11) is 5.67. The Morgan fingerprint density at radius 1 is 1.05 bits per heavy atom. The molecule has 0 aromatic heterocycles. The van der Waals surface area contributed by atoms with E-state index in [1.807, 2.05) is 0 Å². The molecular formula is C15H21NO6. The Hall–Kier alpha value is -2.44. The van der Waals surface area contributed by atoms with Gasteiger partial charge in [0, 0.05) is 5.56 Å². The summed E-state index contributed by atoms with van der Waals surface area (Å²) in [6.45, 7) is 1.77. The lowest BCUT2D eigenvalue weighted by molar-refractivity contribution is -0.142. The summed E-state index contributed by atoms with van der Waals surface area (Å²) in [5.41, 5.74) is 0.289. The number of rotatable bonds is 7. The summed E-state index contributed by atoms with van der Waals surface area (Å²) in [4.78, 5) is 23.8. The Kier molecular flexibility index (Phi) is 6.49. The molecule has 0 heterocycles. The Morgan fingerprint density at radius 3 is 1.95 bits per heavy atom. The van der Waals surface area contributed by atoms with Crippen LogP contribution in [0.5, 0.6) is 17.2 Å². The second-order valence-corrected chi connectivity index (χ2v) is 4.37. The Bertz CT molecular complexity index is 518. The minimum atomic E-state index is -0.711. The molecule has 0 aliphatic rings. The molecule has 7 heteroatoms. The summed E-state index contributed by atoms with van der Waals surface area (Å²) in [6.07, 6.45) is 0.419. The molecule has 1 amide bonds. The van der Waals surface area contributed by atoms with Gasteiger partial charge in [-0.15, -0.1) is 0 Å². The third-order valence-electron chi connectivity index (χ3n) is 3.13. The third kappa shape index (κ3) is 3.81. The average Bonchev–Trinajstić information content (AvgIpc) is 2.56. The van der Waals surface area contributed by atoms with Gasteiger partial charge >= 0.3 is 5.97 Å². The smallest absolute Gasteiger partial charge is 0.328 e. The van der Waals surface area contributed by atoms with Gasteiger partial charge in [-0.05, 0) is 18.6 Å². The summed E-state index contributed by atoms with van der Waals surface area (Å²) in [6, 6.07) is 2.32. The predicted molar refractivity (Wildman–Crippen MR) is 79.7 cm³/mol. The lowest BCUT2D eigenvalue weighted by Gasteiger charge is -2.17. The van der Waals surface area contributed by atoms with Gasteiger partial charge in [0.1, 0.15) is 6.04 Å². The molecule has 1 unspecified atom stereocenters. The van der Waals surface area contributed by atoms with Crippen molar-refractivity contribution in [1.29, 1.82) is 0 Å². The number of carbonyl (C=O) groups excluding carboxylic acids is 2. The largest absolute Gasteiger partial charge is 0.493 e. The van der Waals surface area contributed by atoms with Crippen molar-refractivity contribution in [2.75, 3.05) is 28.4 Å². The lowest BCUT2D eigenvalue weighted by Crippen LogP contribution is -2.41. The van der Waals surface area contributed by atoms with Gasteiger partial charge in [0.2, 0.25) is 5.75 Å². The summed E-state index contributed by atoms with van der Waals surface area (Å²) in [5, 5.41) is 2.61. The number of amides is 1. The highest BCUT2D eigenvalue weighted by molar-refractivity contribution is 5.98. The highest BCUT2D eigenvalue weighted by Crippen LogP contribution is 2.38. The first-order valence-electron chi connectivity index (χ1n) is 6.71. The molecule has 7 nitrogen and oxygen atoms in total. The zero-order chi connectivity index (χ0) is 16.7. The maximum Gasteiger partial charge on any atom is 0.328 e. The zero-order valence-corrected chi connectivity index (χ0v) is 13.4. The predicted octanol–water partition coefficient (Wildman–Crippen LogP) is 1.39. The molecule has 0 bridgehead atoms. The molecule has 0 spiro atoms. The van der Waals surface area contributed by atoms with E-state index in [2.05, 4.69) is 10.1 Å². The van der Waals surface area contributed by atoms with Crippen LogP contribution in [-0.2, 0) is 9.53 Å². The van der Waals surface area contributed by atoms with Crippen molar-refractivity contribution in [3.05, 3.63) is 17.7 Å². The standard InChI is InChI=1S/C15H21NO6/c1-6-10(15(18)22-5)16-14(17)9-7-11(19-2)13(21-4)12(8-9)20-3/h7-8,10H,6H2,1-5H3,(H,16,17). The number of ether oxygens (including phenoxy) is 4. The van der Waals surface area contributed by atoms with E-state index < -0.39 is 17.9 Å². The van der Waals surface area contributed by atoms with Crippen molar-refractivity contribution in [3.63, 3.8) is 0 Å². The summed E-state index contributed by atoms with van der Waals surface area (Å²) >= 11 is 0. The number of methoxy groups -OCH3 is 4. The highest BCUT2D eigenvalue weighted by atomic mass is 16.5. The van der Waals surface area contributed by atoms with Crippen LogP contribution in [0.2, 0.25) is 0 Å². The maximum atomic E-state index is 12.3. The van der Waals surface area contributed by atoms with Gasteiger partial charge in [0.05, 0.1) is 28.4 Å². The fourth-order valence-electron chi connectivity index (χ4n) is 1.92. The normalized spacial score (nSPS) is 11.3. The highest BCUT2D eigenvalue weighted by Gasteiger charge is 2.22.